The summed E-state index contributed by atoms with van der Waals surface area (Å²) in [7, 11) is -3.15. The second kappa shape index (κ2) is 8.51. The lowest BCUT2D eigenvalue weighted by molar-refractivity contribution is 0.131. The quantitative estimate of drug-likeness (QED) is 0.728. The van der Waals surface area contributed by atoms with Gasteiger partial charge in [0.25, 0.3) is 0 Å². The minimum absolute atomic E-state index is 0.00715. The molecule has 120 valence electrons. The molecule has 0 aliphatic rings. The van der Waals surface area contributed by atoms with Crippen LogP contribution in [0.2, 0.25) is 0 Å². The Labute approximate surface area is 128 Å². The Morgan fingerprint density at radius 2 is 1.76 bits per heavy atom. The molecule has 0 aliphatic heterocycles. The Hall–Kier alpha value is -0.910. The van der Waals surface area contributed by atoms with E-state index in [2.05, 4.69) is 0 Å². The number of nitrogens with two attached hydrogens (primary N) is 1. The van der Waals surface area contributed by atoms with Crippen LogP contribution in [0.3, 0.4) is 0 Å². The molecule has 21 heavy (non-hydrogen) atoms. The fraction of sp³-hybridized carbons (Fsp3) is 0.625. The Bertz CT molecular complexity index is 500. The maximum atomic E-state index is 12.0. The predicted octanol–water partition coefficient (Wildman–Crippen LogP) is 1.77. The van der Waals surface area contributed by atoms with Crippen LogP contribution in [0, 0.1) is 5.92 Å². The number of hydrogen-bond acceptors (Lipinski definition) is 4. The van der Waals surface area contributed by atoms with Gasteiger partial charge in [-0.05, 0) is 30.7 Å². The highest BCUT2D eigenvalue weighted by atomic mass is 32.2. The van der Waals surface area contributed by atoms with Crippen LogP contribution in [0.25, 0.3) is 0 Å². The maximum Gasteiger partial charge on any atom is 0.150 e. The normalized spacial score (nSPS) is 15.1. The molecule has 2 atom stereocenters. The number of aryl methyl sites for hydroxylation is 1. The standard InChI is InChI=1S/C16H27NO3S/c1-13(2)12-15(17)16(18)9-11-21(19,20)10-8-14-6-4-3-5-7-14/h3-7,13,15-16,18H,8-12,17H2,1-2H3. The van der Waals surface area contributed by atoms with E-state index < -0.39 is 15.9 Å². The van der Waals surface area contributed by atoms with E-state index in [0.29, 0.717) is 18.8 Å². The molecule has 1 aromatic carbocycles. The van der Waals surface area contributed by atoms with Crippen molar-refractivity contribution in [2.75, 3.05) is 11.5 Å². The fourth-order valence-electron chi connectivity index (χ4n) is 2.24. The van der Waals surface area contributed by atoms with Crippen molar-refractivity contribution >= 4 is 9.84 Å². The van der Waals surface area contributed by atoms with Gasteiger partial charge in [0, 0.05) is 6.04 Å². The Morgan fingerprint density at radius 3 is 2.33 bits per heavy atom. The lowest BCUT2D eigenvalue weighted by Gasteiger charge is -2.20. The number of rotatable bonds is 9. The van der Waals surface area contributed by atoms with Crippen LogP contribution >= 0.6 is 0 Å². The van der Waals surface area contributed by atoms with Gasteiger partial charge in [-0.3, -0.25) is 0 Å². The van der Waals surface area contributed by atoms with Crippen molar-refractivity contribution in [1.29, 1.82) is 0 Å². The zero-order valence-corrected chi connectivity index (χ0v) is 13.7. The summed E-state index contributed by atoms with van der Waals surface area (Å²) < 4.78 is 24.0. The van der Waals surface area contributed by atoms with Gasteiger partial charge in [-0.2, -0.15) is 0 Å². The van der Waals surface area contributed by atoms with E-state index in [9.17, 15) is 13.5 Å². The van der Waals surface area contributed by atoms with Crippen LogP contribution in [0.4, 0.5) is 0 Å². The van der Waals surface area contributed by atoms with E-state index in [1.807, 2.05) is 44.2 Å². The largest absolute Gasteiger partial charge is 0.391 e. The first-order valence-electron chi connectivity index (χ1n) is 7.48. The second-order valence-corrected chi connectivity index (χ2v) is 8.34. The van der Waals surface area contributed by atoms with Crippen molar-refractivity contribution in [2.24, 2.45) is 11.7 Å². The molecular formula is C16H27NO3S. The van der Waals surface area contributed by atoms with Gasteiger partial charge in [-0.1, -0.05) is 44.2 Å². The summed E-state index contributed by atoms with van der Waals surface area (Å²) >= 11 is 0. The SMILES string of the molecule is CC(C)CC(N)C(O)CCS(=O)(=O)CCc1ccccc1. The monoisotopic (exact) mass is 313 g/mol. The molecule has 1 rings (SSSR count). The van der Waals surface area contributed by atoms with Crippen LogP contribution < -0.4 is 5.73 Å². The number of hydrogen-bond donors (Lipinski definition) is 2. The number of sulfone groups is 1. The number of aliphatic hydroxyl groups excluding tert-OH is 1. The summed E-state index contributed by atoms with van der Waals surface area (Å²) in [6.07, 6.45) is 0.673. The number of aliphatic hydroxyl groups is 1. The van der Waals surface area contributed by atoms with Gasteiger partial charge in [0.15, 0.2) is 9.84 Å². The van der Waals surface area contributed by atoms with E-state index in [1.54, 1.807) is 0 Å². The molecule has 5 heteroatoms. The molecule has 0 heterocycles. The first-order chi connectivity index (χ1) is 9.80. The first-order valence-corrected chi connectivity index (χ1v) is 9.30. The number of benzene rings is 1. The third kappa shape index (κ3) is 7.60. The average Bonchev–Trinajstić information content (AvgIpc) is 2.43. The van der Waals surface area contributed by atoms with E-state index in [4.69, 9.17) is 5.73 Å². The highest BCUT2D eigenvalue weighted by molar-refractivity contribution is 7.91. The summed E-state index contributed by atoms with van der Waals surface area (Å²) in [4.78, 5) is 0. The summed E-state index contributed by atoms with van der Waals surface area (Å²) in [5.74, 6) is 0.500. The maximum absolute atomic E-state index is 12.0. The zero-order valence-electron chi connectivity index (χ0n) is 12.9. The van der Waals surface area contributed by atoms with E-state index in [1.165, 1.54) is 0 Å². The molecule has 3 N–H and O–H groups in total. The van der Waals surface area contributed by atoms with E-state index in [0.717, 1.165) is 5.56 Å². The predicted molar refractivity (Wildman–Crippen MR) is 86.9 cm³/mol. The second-order valence-electron chi connectivity index (χ2n) is 6.04. The minimum Gasteiger partial charge on any atom is -0.391 e. The van der Waals surface area contributed by atoms with Crippen LogP contribution in [0.5, 0.6) is 0 Å². The summed E-state index contributed by atoms with van der Waals surface area (Å²) in [6.45, 7) is 4.06. The molecule has 1 aromatic rings. The van der Waals surface area contributed by atoms with Crippen LogP contribution in [-0.4, -0.2) is 37.2 Å². The third-order valence-electron chi connectivity index (χ3n) is 3.51. The van der Waals surface area contributed by atoms with Crippen molar-refractivity contribution < 1.29 is 13.5 Å². The van der Waals surface area contributed by atoms with Crippen molar-refractivity contribution in [3.05, 3.63) is 35.9 Å². The Kier molecular flexibility index (Phi) is 7.35. The smallest absolute Gasteiger partial charge is 0.150 e. The van der Waals surface area contributed by atoms with Gasteiger partial charge in [-0.25, -0.2) is 8.42 Å². The topological polar surface area (TPSA) is 80.4 Å². The summed E-state index contributed by atoms with van der Waals surface area (Å²) in [6, 6.07) is 9.19. The molecule has 0 bridgehead atoms. The molecule has 0 radical (unpaired) electrons. The fourth-order valence-corrected chi connectivity index (χ4v) is 3.59. The molecule has 0 amide bonds. The molecule has 4 nitrogen and oxygen atoms in total. The zero-order chi connectivity index (χ0) is 15.9. The molecule has 0 spiro atoms. The Morgan fingerprint density at radius 1 is 1.14 bits per heavy atom. The van der Waals surface area contributed by atoms with Crippen LogP contribution in [-0.2, 0) is 16.3 Å². The van der Waals surface area contributed by atoms with Crippen LogP contribution in [0.15, 0.2) is 30.3 Å². The van der Waals surface area contributed by atoms with Gasteiger partial charge in [0.1, 0.15) is 0 Å². The molecule has 2 unspecified atom stereocenters. The van der Waals surface area contributed by atoms with Gasteiger partial charge in [0.05, 0.1) is 17.6 Å². The van der Waals surface area contributed by atoms with Gasteiger partial charge in [0.2, 0.25) is 0 Å². The van der Waals surface area contributed by atoms with Crippen LogP contribution in [0.1, 0.15) is 32.3 Å². The Balaban J connectivity index is 2.39. The van der Waals surface area contributed by atoms with Gasteiger partial charge < -0.3 is 10.8 Å². The van der Waals surface area contributed by atoms with Crippen molar-refractivity contribution in [2.45, 2.75) is 45.3 Å². The lowest BCUT2D eigenvalue weighted by atomic mass is 9.99. The van der Waals surface area contributed by atoms with E-state index in [-0.39, 0.29) is 24.0 Å². The molecule has 0 saturated heterocycles. The van der Waals surface area contributed by atoms with Gasteiger partial charge in [-0.15, -0.1) is 0 Å². The van der Waals surface area contributed by atoms with Crippen molar-refractivity contribution in [3.8, 4) is 0 Å². The molecular weight excluding hydrogens is 286 g/mol. The molecule has 0 aliphatic carbocycles. The lowest BCUT2D eigenvalue weighted by Crippen LogP contribution is -2.37. The third-order valence-corrected chi connectivity index (χ3v) is 5.19. The summed E-state index contributed by atoms with van der Waals surface area (Å²) in [5, 5.41) is 9.93. The molecule has 0 aromatic heterocycles. The van der Waals surface area contributed by atoms with Crippen molar-refractivity contribution in [3.63, 3.8) is 0 Å². The molecule has 0 saturated carbocycles. The van der Waals surface area contributed by atoms with E-state index >= 15 is 0 Å². The highest BCUT2D eigenvalue weighted by Crippen LogP contribution is 2.10. The molecule has 0 fully saturated rings. The van der Waals surface area contributed by atoms with Crippen molar-refractivity contribution in [1.82, 2.24) is 0 Å². The average molecular weight is 313 g/mol. The summed E-state index contributed by atoms with van der Waals surface area (Å²) in [5.41, 5.74) is 6.88. The minimum atomic E-state index is -3.15. The highest BCUT2D eigenvalue weighted by Gasteiger charge is 2.19. The van der Waals surface area contributed by atoms with Gasteiger partial charge >= 0.3 is 0 Å². The first kappa shape index (κ1) is 18.1.